The molecule has 1 aromatic heterocycles. The van der Waals surface area contributed by atoms with Gasteiger partial charge in [0.25, 0.3) is 5.91 Å². The maximum Gasteiger partial charge on any atom is 0.271 e. The lowest BCUT2D eigenvalue weighted by atomic mass is 10.1. The number of aromatic hydroxyl groups is 1. The number of hydrogen-bond donors (Lipinski definition) is 2. The Morgan fingerprint density at radius 2 is 1.72 bits per heavy atom. The fraction of sp³-hybridized carbons (Fsp3) is 0.200. The van der Waals surface area contributed by atoms with E-state index >= 15 is 0 Å². The lowest BCUT2D eigenvalue weighted by Gasteiger charge is -2.15. The highest BCUT2D eigenvalue weighted by Crippen LogP contribution is 2.26. The summed E-state index contributed by atoms with van der Waals surface area (Å²) in [7, 11) is -0.533. The highest BCUT2D eigenvalue weighted by molar-refractivity contribution is 7.89. The Balaban J connectivity index is 1.70. The van der Waals surface area contributed by atoms with Crippen LogP contribution in [0.3, 0.4) is 0 Å². The van der Waals surface area contributed by atoms with E-state index in [1.165, 1.54) is 37.6 Å². The molecular weight excluding hydrogens is 410 g/mol. The van der Waals surface area contributed by atoms with Gasteiger partial charge in [-0.05, 0) is 48.9 Å². The first kappa shape index (κ1) is 21.0. The fourth-order valence-electron chi connectivity index (χ4n) is 2.61. The van der Waals surface area contributed by atoms with Gasteiger partial charge in [0.05, 0.1) is 10.9 Å². The molecule has 1 heterocycles. The molecule has 0 spiro atoms. The van der Waals surface area contributed by atoms with Crippen molar-refractivity contribution in [2.24, 2.45) is 0 Å². The van der Waals surface area contributed by atoms with Crippen LogP contribution in [0.2, 0.25) is 0 Å². The molecule has 0 aliphatic carbocycles. The Hall–Kier alpha value is -2.75. The molecule has 2 aromatic carbocycles. The summed E-state index contributed by atoms with van der Waals surface area (Å²) in [6.07, 6.45) is 0. The second-order valence-electron chi connectivity index (χ2n) is 6.64. The third kappa shape index (κ3) is 4.64. The standard InChI is InChI=1S/C20H21N3O4S2/c1-13(14-6-10-17(11-7-14)29(26,27)23(2)3)21-19(25)18-12-28-20(22-18)15-4-8-16(24)9-5-15/h4-13,24H,1-3H3,(H,21,25)/t13-/m1/s1. The maximum atomic E-state index is 12.5. The molecule has 0 radical (unpaired) electrons. The number of carbonyl (C=O) groups excluding carboxylic acids is 1. The third-order valence-electron chi connectivity index (χ3n) is 4.36. The van der Waals surface area contributed by atoms with Crippen molar-refractivity contribution in [3.63, 3.8) is 0 Å². The van der Waals surface area contributed by atoms with Gasteiger partial charge in [-0.1, -0.05) is 12.1 Å². The SMILES string of the molecule is C[C@@H](NC(=O)c1csc(-c2ccc(O)cc2)n1)c1ccc(S(=O)(=O)N(C)C)cc1. The molecule has 152 valence electrons. The van der Waals surface area contributed by atoms with Gasteiger partial charge in [-0.15, -0.1) is 11.3 Å². The molecule has 29 heavy (non-hydrogen) atoms. The first-order chi connectivity index (χ1) is 13.7. The van der Waals surface area contributed by atoms with Crippen LogP contribution in [0, 0.1) is 0 Å². The summed E-state index contributed by atoms with van der Waals surface area (Å²) in [6.45, 7) is 1.82. The molecule has 2 N–H and O–H groups in total. The monoisotopic (exact) mass is 431 g/mol. The summed E-state index contributed by atoms with van der Waals surface area (Å²) in [5, 5.41) is 14.6. The van der Waals surface area contributed by atoms with E-state index in [-0.39, 0.29) is 22.6 Å². The average molecular weight is 432 g/mol. The van der Waals surface area contributed by atoms with Gasteiger partial charge in [-0.3, -0.25) is 4.79 Å². The molecule has 0 fully saturated rings. The zero-order chi connectivity index (χ0) is 21.2. The lowest BCUT2D eigenvalue weighted by Crippen LogP contribution is -2.27. The summed E-state index contributed by atoms with van der Waals surface area (Å²) >= 11 is 1.34. The minimum atomic E-state index is -3.49. The van der Waals surface area contributed by atoms with E-state index in [9.17, 15) is 18.3 Å². The molecule has 7 nitrogen and oxygen atoms in total. The van der Waals surface area contributed by atoms with Crippen molar-refractivity contribution in [1.82, 2.24) is 14.6 Å². The molecular formula is C20H21N3O4S2. The number of rotatable bonds is 6. The van der Waals surface area contributed by atoms with Crippen molar-refractivity contribution in [1.29, 1.82) is 0 Å². The summed E-state index contributed by atoms with van der Waals surface area (Å²) in [5.41, 5.74) is 1.90. The number of sulfonamides is 1. The molecule has 9 heteroatoms. The van der Waals surface area contributed by atoms with Crippen LogP contribution in [-0.2, 0) is 10.0 Å². The Kier molecular flexibility index (Phi) is 6.02. The second kappa shape index (κ2) is 8.32. The molecule has 0 bridgehead atoms. The summed E-state index contributed by atoms with van der Waals surface area (Å²) in [4.78, 5) is 17.1. The molecule has 0 aliphatic rings. The van der Waals surface area contributed by atoms with Gasteiger partial charge in [0.2, 0.25) is 10.0 Å². The van der Waals surface area contributed by atoms with E-state index in [0.717, 1.165) is 15.4 Å². The largest absolute Gasteiger partial charge is 0.508 e. The van der Waals surface area contributed by atoms with Crippen molar-refractivity contribution < 1.29 is 18.3 Å². The number of carbonyl (C=O) groups is 1. The Morgan fingerprint density at radius 1 is 1.10 bits per heavy atom. The third-order valence-corrected chi connectivity index (χ3v) is 7.08. The molecule has 0 saturated heterocycles. The predicted molar refractivity (Wildman–Crippen MR) is 112 cm³/mol. The van der Waals surface area contributed by atoms with Crippen LogP contribution in [0.4, 0.5) is 0 Å². The highest BCUT2D eigenvalue weighted by atomic mass is 32.2. The van der Waals surface area contributed by atoms with Crippen molar-refractivity contribution in [3.05, 3.63) is 65.2 Å². The Morgan fingerprint density at radius 3 is 2.31 bits per heavy atom. The van der Waals surface area contributed by atoms with E-state index in [1.54, 1.807) is 41.8 Å². The molecule has 1 amide bonds. The van der Waals surface area contributed by atoms with Gasteiger partial charge in [-0.25, -0.2) is 17.7 Å². The quantitative estimate of drug-likeness (QED) is 0.624. The molecule has 0 unspecified atom stereocenters. The fourth-order valence-corrected chi connectivity index (χ4v) is 4.32. The average Bonchev–Trinajstić information content (AvgIpc) is 3.19. The van der Waals surface area contributed by atoms with Gasteiger partial charge in [0, 0.05) is 25.0 Å². The number of thiazole rings is 1. The predicted octanol–water partition coefficient (Wildman–Crippen LogP) is 3.26. The topological polar surface area (TPSA) is 99.6 Å². The van der Waals surface area contributed by atoms with Gasteiger partial charge < -0.3 is 10.4 Å². The lowest BCUT2D eigenvalue weighted by molar-refractivity contribution is 0.0935. The van der Waals surface area contributed by atoms with Crippen LogP contribution >= 0.6 is 11.3 Å². The van der Waals surface area contributed by atoms with Crippen LogP contribution < -0.4 is 5.32 Å². The molecule has 0 saturated carbocycles. The van der Waals surface area contributed by atoms with E-state index in [1.807, 2.05) is 6.92 Å². The normalized spacial score (nSPS) is 12.7. The Labute approximate surface area is 173 Å². The smallest absolute Gasteiger partial charge is 0.271 e. The number of amides is 1. The molecule has 3 aromatic rings. The molecule has 1 atom stereocenters. The van der Waals surface area contributed by atoms with E-state index in [4.69, 9.17) is 0 Å². The number of nitrogens with zero attached hydrogens (tertiary/aromatic N) is 2. The van der Waals surface area contributed by atoms with E-state index in [0.29, 0.717) is 10.7 Å². The van der Waals surface area contributed by atoms with Crippen LogP contribution in [0.25, 0.3) is 10.6 Å². The van der Waals surface area contributed by atoms with Gasteiger partial charge in [0.1, 0.15) is 16.5 Å². The molecule has 0 aliphatic heterocycles. The number of phenolic OH excluding ortho intramolecular Hbond substituents is 1. The van der Waals surface area contributed by atoms with Gasteiger partial charge >= 0.3 is 0 Å². The second-order valence-corrected chi connectivity index (χ2v) is 9.65. The summed E-state index contributed by atoms with van der Waals surface area (Å²) in [5.74, 6) is -0.148. The summed E-state index contributed by atoms with van der Waals surface area (Å²) < 4.78 is 25.5. The maximum absolute atomic E-state index is 12.5. The number of nitrogens with one attached hydrogen (secondary N) is 1. The van der Waals surface area contributed by atoms with Crippen molar-refractivity contribution in [3.8, 4) is 16.3 Å². The zero-order valence-electron chi connectivity index (χ0n) is 16.2. The van der Waals surface area contributed by atoms with E-state index in [2.05, 4.69) is 10.3 Å². The minimum Gasteiger partial charge on any atom is -0.508 e. The zero-order valence-corrected chi connectivity index (χ0v) is 17.8. The first-order valence-corrected chi connectivity index (χ1v) is 11.1. The summed E-state index contributed by atoms with van der Waals surface area (Å²) in [6, 6.07) is 12.7. The van der Waals surface area contributed by atoms with E-state index < -0.39 is 10.0 Å². The van der Waals surface area contributed by atoms with Crippen molar-refractivity contribution >= 4 is 27.3 Å². The first-order valence-electron chi connectivity index (χ1n) is 8.77. The van der Waals surface area contributed by atoms with Gasteiger partial charge in [0.15, 0.2) is 0 Å². The Bertz CT molecular complexity index is 1110. The minimum absolute atomic E-state index is 0.168. The highest BCUT2D eigenvalue weighted by Gasteiger charge is 2.19. The number of aromatic nitrogens is 1. The van der Waals surface area contributed by atoms with Crippen molar-refractivity contribution in [2.45, 2.75) is 17.9 Å². The van der Waals surface area contributed by atoms with Crippen LogP contribution in [0.15, 0.2) is 58.8 Å². The van der Waals surface area contributed by atoms with Crippen molar-refractivity contribution in [2.75, 3.05) is 14.1 Å². The molecule has 3 rings (SSSR count). The van der Waals surface area contributed by atoms with Crippen LogP contribution in [0.5, 0.6) is 5.75 Å². The van der Waals surface area contributed by atoms with Crippen LogP contribution in [0.1, 0.15) is 29.0 Å². The number of phenols is 1. The van der Waals surface area contributed by atoms with Gasteiger partial charge in [-0.2, -0.15) is 0 Å². The number of hydrogen-bond acceptors (Lipinski definition) is 6. The number of benzene rings is 2. The van der Waals surface area contributed by atoms with Crippen LogP contribution in [-0.4, -0.2) is 42.8 Å².